The van der Waals surface area contributed by atoms with Gasteiger partial charge in [0.05, 0.1) is 16.3 Å². The van der Waals surface area contributed by atoms with Gasteiger partial charge >= 0.3 is 5.97 Å². The standard InChI is InChI=1S/C17H15Cl2NO3/c1-10-3-5-13(11(2)7-10)17(22)23-9-16(21)20-15-8-12(18)4-6-14(15)19/h3-8H,9H2,1-2H3,(H,20,21). The van der Waals surface area contributed by atoms with Gasteiger partial charge < -0.3 is 10.1 Å². The summed E-state index contributed by atoms with van der Waals surface area (Å²) < 4.78 is 5.03. The summed E-state index contributed by atoms with van der Waals surface area (Å²) >= 11 is 11.8. The normalized spacial score (nSPS) is 10.3. The quantitative estimate of drug-likeness (QED) is 0.830. The third kappa shape index (κ3) is 4.71. The molecule has 0 heterocycles. The molecule has 0 aliphatic carbocycles. The summed E-state index contributed by atoms with van der Waals surface area (Å²) in [6, 6.07) is 10.1. The van der Waals surface area contributed by atoms with Crippen molar-refractivity contribution in [2.75, 3.05) is 11.9 Å². The van der Waals surface area contributed by atoms with Gasteiger partial charge in [-0.05, 0) is 43.7 Å². The topological polar surface area (TPSA) is 55.4 Å². The van der Waals surface area contributed by atoms with E-state index in [4.69, 9.17) is 27.9 Å². The molecule has 0 radical (unpaired) electrons. The van der Waals surface area contributed by atoms with E-state index in [1.807, 2.05) is 26.0 Å². The van der Waals surface area contributed by atoms with E-state index in [2.05, 4.69) is 5.32 Å². The van der Waals surface area contributed by atoms with Gasteiger partial charge in [0.25, 0.3) is 5.91 Å². The van der Waals surface area contributed by atoms with E-state index in [1.54, 1.807) is 18.2 Å². The summed E-state index contributed by atoms with van der Waals surface area (Å²) in [5.74, 6) is -1.04. The van der Waals surface area contributed by atoms with Gasteiger partial charge in [0, 0.05) is 5.02 Å². The van der Waals surface area contributed by atoms with E-state index < -0.39 is 18.5 Å². The molecule has 0 spiro atoms. The number of amides is 1. The highest BCUT2D eigenvalue weighted by Crippen LogP contribution is 2.25. The van der Waals surface area contributed by atoms with Crippen LogP contribution in [-0.4, -0.2) is 18.5 Å². The minimum absolute atomic E-state index is 0.350. The molecule has 120 valence electrons. The van der Waals surface area contributed by atoms with Crippen molar-refractivity contribution in [1.82, 2.24) is 0 Å². The van der Waals surface area contributed by atoms with E-state index in [1.165, 1.54) is 6.07 Å². The number of ether oxygens (including phenoxy) is 1. The number of benzene rings is 2. The molecule has 0 aliphatic heterocycles. The molecule has 6 heteroatoms. The van der Waals surface area contributed by atoms with Gasteiger partial charge in [0.1, 0.15) is 0 Å². The predicted molar refractivity (Wildman–Crippen MR) is 91.3 cm³/mol. The molecule has 0 fully saturated rings. The molecule has 23 heavy (non-hydrogen) atoms. The maximum absolute atomic E-state index is 12.0. The van der Waals surface area contributed by atoms with Crippen LogP contribution in [0.4, 0.5) is 5.69 Å². The van der Waals surface area contributed by atoms with E-state index in [0.717, 1.165) is 11.1 Å². The Hall–Kier alpha value is -2.04. The fourth-order valence-electron chi connectivity index (χ4n) is 2.03. The third-order valence-electron chi connectivity index (χ3n) is 3.14. The van der Waals surface area contributed by atoms with Crippen LogP contribution in [0.2, 0.25) is 10.0 Å². The van der Waals surface area contributed by atoms with Crippen LogP contribution in [-0.2, 0) is 9.53 Å². The van der Waals surface area contributed by atoms with Gasteiger partial charge in [-0.3, -0.25) is 4.79 Å². The first kappa shape index (κ1) is 17.3. The third-order valence-corrected chi connectivity index (χ3v) is 3.70. The SMILES string of the molecule is Cc1ccc(C(=O)OCC(=O)Nc2cc(Cl)ccc2Cl)c(C)c1. The molecule has 0 bridgehead atoms. The molecule has 0 atom stereocenters. The second kappa shape index (κ2) is 7.49. The summed E-state index contributed by atoms with van der Waals surface area (Å²) in [6.07, 6.45) is 0. The van der Waals surface area contributed by atoms with E-state index in [0.29, 0.717) is 21.3 Å². The zero-order valence-electron chi connectivity index (χ0n) is 12.7. The van der Waals surface area contributed by atoms with Crippen LogP contribution in [0, 0.1) is 13.8 Å². The number of hydrogen-bond donors (Lipinski definition) is 1. The minimum atomic E-state index is -0.546. The van der Waals surface area contributed by atoms with Crippen molar-refractivity contribution in [3.05, 3.63) is 63.1 Å². The molecule has 2 aromatic rings. The molecule has 2 aromatic carbocycles. The zero-order chi connectivity index (χ0) is 17.0. The predicted octanol–water partition coefficient (Wildman–Crippen LogP) is 4.41. The number of hydrogen-bond acceptors (Lipinski definition) is 3. The Bertz CT molecular complexity index is 759. The zero-order valence-corrected chi connectivity index (χ0v) is 14.2. The molecule has 2 rings (SSSR count). The smallest absolute Gasteiger partial charge is 0.338 e. The van der Waals surface area contributed by atoms with Crippen LogP contribution in [0.25, 0.3) is 0 Å². The van der Waals surface area contributed by atoms with Crippen molar-refractivity contribution in [3.63, 3.8) is 0 Å². The number of carbonyl (C=O) groups is 2. The summed E-state index contributed by atoms with van der Waals surface area (Å²) in [5.41, 5.74) is 2.65. The number of anilines is 1. The molecule has 0 unspecified atom stereocenters. The second-order valence-electron chi connectivity index (χ2n) is 5.07. The lowest BCUT2D eigenvalue weighted by atomic mass is 10.1. The maximum atomic E-state index is 12.0. The summed E-state index contributed by atoms with van der Waals surface area (Å²) in [6.45, 7) is 3.34. The molecule has 0 saturated carbocycles. The van der Waals surface area contributed by atoms with Crippen molar-refractivity contribution >= 4 is 40.8 Å². The number of halogens is 2. The molecule has 1 N–H and O–H groups in total. The highest BCUT2D eigenvalue weighted by molar-refractivity contribution is 6.35. The first-order valence-corrected chi connectivity index (χ1v) is 7.61. The van der Waals surface area contributed by atoms with Crippen molar-refractivity contribution in [2.24, 2.45) is 0 Å². The maximum Gasteiger partial charge on any atom is 0.338 e. The molecule has 4 nitrogen and oxygen atoms in total. The number of rotatable bonds is 4. The Labute approximate surface area is 144 Å². The van der Waals surface area contributed by atoms with Crippen LogP contribution in [0.1, 0.15) is 21.5 Å². The fraction of sp³-hybridized carbons (Fsp3) is 0.176. The van der Waals surface area contributed by atoms with E-state index >= 15 is 0 Å². The molecular formula is C17H15Cl2NO3. The van der Waals surface area contributed by atoms with Gasteiger partial charge in [-0.1, -0.05) is 40.9 Å². The monoisotopic (exact) mass is 351 g/mol. The largest absolute Gasteiger partial charge is 0.452 e. The molecule has 0 saturated heterocycles. The Morgan fingerprint density at radius 2 is 1.83 bits per heavy atom. The lowest BCUT2D eigenvalue weighted by molar-refractivity contribution is -0.119. The van der Waals surface area contributed by atoms with Crippen molar-refractivity contribution in [1.29, 1.82) is 0 Å². The van der Waals surface area contributed by atoms with Gasteiger partial charge in [-0.25, -0.2) is 4.79 Å². The fourth-order valence-corrected chi connectivity index (χ4v) is 2.37. The number of aryl methyl sites for hydroxylation is 2. The number of nitrogens with one attached hydrogen (secondary N) is 1. The van der Waals surface area contributed by atoms with Crippen molar-refractivity contribution < 1.29 is 14.3 Å². The Kier molecular flexibility index (Phi) is 5.64. The van der Waals surface area contributed by atoms with Crippen LogP contribution >= 0.6 is 23.2 Å². The second-order valence-corrected chi connectivity index (χ2v) is 5.91. The van der Waals surface area contributed by atoms with Gasteiger partial charge in [0.15, 0.2) is 6.61 Å². The average Bonchev–Trinajstić information content (AvgIpc) is 2.48. The molecular weight excluding hydrogens is 337 g/mol. The van der Waals surface area contributed by atoms with Crippen LogP contribution in [0.15, 0.2) is 36.4 Å². The summed E-state index contributed by atoms with van der Waals surface area (Å²) in [7, 11) is 0. The van der Waals surface area contributed by atoms with E-state index in [-0.39, 0.29) is 0 Å². The Morgan fingerprint density at radius 3 is 2.52 bits per heavy atom. The first-order chi connectivity index (χ1) is 10.9. The average molecular weight is 352 g/mol. The van der Waals surface area contributed by atoms with Crippen LogP contribution < -0.4 is 5.32 Å². The van der Waals surface area contributed by atoms with Crippen molar-refractivity contribution in [3.8, 4) is 0 Å². The van der Waals surface area contributed by atoms with Gasteiger partial charge in [-0.15, -0.1) is 0 Å². The summed E-state index contributed by atoms with van der Waals surface area (Å²) in [5, 5.41) is 3.34. The van der Waals surface area contributed by atoms with Gasteiger partial charge in [-0.2, -0.15) is 0 Å². The van der Waals surface area contributed by atoms with Gasteiger partial charge in [0.2, 0.25) is 0 Å². The first-order valence-electron chi connectivity index (χ1n) is 6.86. The Morgan fingerprint density at radius 1 is 1.09 bits per heavy atom. The van der Waals surface area contributed by atoms with E-state index in [9.17, 15) is 9.59 Å². The Balaban J connectivity index is 1.96. The van der Waals surface area contributed by atoms with Crippen molar-refractivity contribution in [2.45, 2.75) is 13.8 Å². The highest BCUT2D eigenvalue weighted by atomic mass is 35.5. The highest BCUT2D eigenvalue weighted by Gasteiger charge is 2.13. The van der Waals surface area contributed by atoms with Crippen LogP contribution in [0.3, 0.4) is 0 Å². The lowest BCUT2D eigenvalue weighted by Gasteiger charge is -2.09. The summed E-state index contributed by atoms with van der Waals surface area (Å²) in [4.78, 5) is 23.9. The lowest BCUT2D eigenvalue weighted by Crippen LogP contribution is -2.21. The molecule has 0 aromatic heterocycles. The minimum Gasteiger partial charge on any atom is -0.452 e. The molecule has 0 aliphatic rings. The van der Waals surface area contributed by atoms with Crippen LogP contribution in [0.5, 0.6) is 0 Å². The number of esters is 1. The molecule has 1 amide bonds. The number of carbonyl (C=O) groups excluding carboxylic acids is 2.